The molecule has 0 saturated carbocycles. The number of nitrogens with zero attached hydrogens (tertiary/aromatic N) is 4. The number of carbonyl (C=O) groups is 2. The smallest absolute Gasteiger partial charge is 0.265 e. The van der Waals surface area contributed by atoms with Gasteiger partial charge in [0.25, 0.3) is 5.91 Å². The van der Waals surface area contributed by atoms with E-state index in [2.05, 4.69) is 27.3 Å². The summed E-state index contributed by atoms with van der Waals surface area (Å²) in [6.07, 6.45) is 4.38. The second-order valence-electron chi connectivity index (χ2n) is 11.6. The van der Waals surface area contributed by atoms with E-state index < -0.39 is 17.2 Å². The van der Waals surface area contributed by atoms with Crippen LogP contribution in [0.25, 0.3) is 0 Å². The van der Waals surface area contributed by atoms with Gasteiger partial charge in [0.2, 0.25) is 5.91 Å². The van der Waals surface area contributed by atoms with Crippen molar-refractivity contribution in [2.24, 2.45) is 4.99 Å². The van der Waals surface area contributed by atoms with Gasteiger partial charge < -0.3 is 10.2 Å². The van der Waals surface area contributed by atoms with Gasteiger partial charge >= 0.3 is 0 Å². The van der Waals surface area contributed by atoms with Crippen molar-refractivity contribution in [1.82, 2.24) is 14.8 Å². The highest BCUT2D eigenvalue weighted by molar-refractivity contribution is 6.16. The fraction of sp³-hybridized carbons (Fsp3) is 0.278. The predicted molar refractivity (Wildman–Crippen MR) is 170 cm³/mol. The van der Waals surface area contributed by atoms with Gasteiger partial charge in [0.05, 0.1) is 0 Å². The van der Waals surface area contributed by atoms with E-state index >= 15 is 0 Å². The molecule has 4 aromatic rings. The molecule has 3 aromatic carbocycles. The summed E-state index contributed by atoms with van der Waals surface area (Å²) in [4.78, 5) is 39.6. The van der Waals surface area contributed by atoms with Crippen LogP contribution in [0.3, 0.4) is 0 Å². The molecule has 230 valence electrons. The van der Waals surface area contributed by atoms with E-state index in [0.29, 0.717) is 41.5 Å². The number of anilines is 1. The number of rotatable bonds is 9. The quantitative estimate of drug-likeness (QED) is 0.249. The Hall–Kier alpha value is -4.76. The van der Waals surface area contributed by atoms with E-state index in [4.69, 9.17) is 4.99 Å². The summed E-state index contributed by atoms with van der Waals surface area (Å²) < 4.78 is 28.0. The van der Waals surface area contributed by atoms with Crippen LogP contribution < -0.4 is 5.32 Å². The maximum Gasteiger partial charge on any atom is 0.265 e. The molecule has 1 aromatic heterocycles. The number of hydrogen-bond acceptors (Lipinski definition) is 5. The van der Waals surface area contributed by atoms with Gasteiger partial charge in [0, 0.05) is 25.4 Å². The normalized spacial score (nSPS) is 16.9. The minimum Gasteiger partial charge on any atom is -0.326 e. The van der Waals surface area contributed by atoms with E-state index in [0.717, 1.165) is 38.2 Å². The number of hydrogen-bond donors (Lipinski definition) is 1. The summed E-state index contributed by atoms with van der Waals surface area (Å²) >= 11 is 0. The predicted octanol–water partition coefficient (Wildman–Crippen LogP) is 6.12. The number of pyridine rings is 1. The van der Waals surface area contributed by atoms with Crippen LogP contribution in [0, 0.1) is 11.6 Å². The van der Waals surface area contributed by atoms with Crippen LogP contribution in [-0.4, -0.2) is 58.6 Å². The van der Waals surface area contributed by atoms with Crippen LogP contribution in [0.1, 0.15) is 54.5 Å². The number of benzene rings is 3. The topological polar surface area (TPSA) is 77.9 Å². The first kappa shape index (κ1) is 30.3. The van der Waals surface area contributed by atoms with Crippen LogP contribution >= 0.6 is 0 Å². The van der Waals surface area contributed by atoms with Crippen molar-refractivity contribution in [3.8, 4) is 0 Å². The number of likely N-dealkylation sites (tertiary alicyclic amines) is 1. The van der Waals surface area contributed by atoms with Crippen molar-refractivity contribution < 1.29 is 18.4 Å². The zero-order valence-corrected chi connectivity index (χ0v) is 25.1. The molecule has 1 N–H and O–H groups in total. The molecule has 0 bridgehead atoms. The molecule has 0 radical (unpaired) electrons. The molecule has 9 heteroatoms. The number of halogens is 2. The van der Waals surface area contributed by atoms with E-state index in [1.165, 1.54) is 36.8 Å². The molecule has 6 rings (SSSR count). The van der Waals surface area contributed by atoms with Gasteiger partial charge in [0.15, 0.2) is 11.4 Å². The highest BCUT2D eigenvalue weighted by atomic mass is 19.1. The number of amides is 2. The Labute approximate surface area is 261 Å². The molecule has 2 aliphatic rings. The fourth-order valence-corrected chi connectivity index (χ4v) is 6.40. The van der Waals surface area contributed by atoms with Crippen LogP contribution in [-0.2, 0) is 15.1 Å². The summed E-state index contributed by atoms with van der Waals surface area (Å²) in [7, 11) is 0. The van der Waals surface area contributed by atoms with E-state index in [1.54, 1.807) is 41.4 Å². The summed E-state index contributed by atoms with van der Waals surface area (Å²) in [6.45, 7) is 4.59. The minimum absolute atomic E-state index is 0.0812. The van der Waals surface area contributed by atoms with Crippen LogP contribution in [0.15, 0.2) is 102 Å². The second kappa shape index (κ2) is 13.1. The third-order valence-corrected chi connectivity index (χ3v) is 8.62. The minimum atomic E-state index is -1.50. The number of piperidine rings is 1. The number of carbonyl (C=O) groups excluding carboxylic acids is 2. The van der Waals surface area contributed by atoms with E-state index in [-0.39, 0.29) is 11.8 Å². The molecule has 3 heterocycles. The fourth-order valence-electron chi connectivity index (χ4n) is 6.40. The van der Waals surface area contributed by atoms with Gasteiger partial charge in [-0.15, -0.1) is 0 Å². The van der Waals surface area contributed by atoms with Crippen molar-refractivity contribution in [3.05, 3.63) is 131 Å². The van der Waals surface area contributed by atoms with Gasteiger partial charge in [-0.3, -0.25) is 19.5 Å². The largest absolute Gasteiger partial charge is 0.326 e. The second-order valence-corrected chi connectivity index (χ2v) is 11.6. The monoisotopic (exact) mass is 607 g/mol. The summed E-state index contributed by atoms with van der Waals surface area (Å²) in [6, 6.07) is 25.0. The van der Waals surface area contributed by atoms with Gasteiger partial charge in [-0.25, -0.2) is 13.8 Å². The lowest BCUT2D eigenvalue weighted by Crippen LogP contribution is -2.43. The zero-order chi connectivity index (χ0) is 31.4. The van der Waals surface area contributed by atoms with Crippen molar-refractivity contribution in [3.63, 3.8) is 0 Å². The Bertz CT molecular complexity index is 1640. The molecule has 45 heavy (non-hydrogen) atoms. The third-order valence-electron chi connectivity index (χ3n) is 8.62. The molecule has 1 saturated heterocycles. The molecule has 2 aliphatic heterocycles. The number of nitrogens with one attached hydrogen (secondary N) is 1. The first-order chi connectivity index (χ1) is 21.8. The lowest BCUT2D eigenvalue weighted by Gasteiger charge is -2.33. The average Bonchev–Trinajstić information content (AvgIpc) is 3.35. The zero-order valence-electron chi connectivity index (χ0n) is 25.1. The Kier molecular flexibility index (Phi) is 8.80. The summed E-state index contributed by atoms with van der Waals surface area (Å²) in [5.74, 6) is -0.347. The maximum absolute atomic E-state index is 14.5. The molecule has 0 spiro atoms. The standard InChI is InChI=1S/C36H35F2N5O2/c1-25(44)40-32-7-4-6-27(24-32)26-17-22-42(23-18-26)20-5-21-43-34(33-8-2-3-19-39-33)41-36(35(43)45,28-9-13-30(37)14-10-28)29-11-15-31(38)16-12-29/h2-4,6-16,19,24,26H,5,17-18,20-23H2,1H3,(H,40,44). The van der Waals surface area contributed by atoms with Crippen LogP contribution in [0.4, 0.5) is 14.5 Å². The lowest BCUT2D eigenvalue weighted by atomic mass is 9.82. The Morgan fingerprint density at radius 2 is 1.56 bits per heavy atom. The van der Waals surface area contributed by atoms with Crippen LogP contribution in [0.2, 0.25) is 0 Å². The lowest BCUT2D eigenvalue weighted by molar-refractivity contribution is -0.130. The van der Waals surface area contributed by atoms with Crippen molar-refractivity contribution in [2.75, 3.05) is 31.5 Å². The molecule has 0 atom stereocenters. The first-order valence-corrected chi connectivity index (χ1v) is 15.3. The SMILES string of the molecule is CC(=O)Nc1cccc(C2CCN(CCCN3C(=O)C(c4ccc(F)cc4)(c4ccc(F)cc4)N=C3c3ccccn3)CC2)c1. The van der Waals surface area contributed by atoms with Crippen molar-refractivity contribution in [2.45, 2.75) is 37.6 Å². The first-order valence-electron chi connectivity index (χ1n) is 15.3. The molecular weight excluding hydrogens is 572 g/mol. The average molecular weight is 608 g/mol. The van der Waals surface area contributed by atoms with Gasteiger partial charge in [-0.05, 0) is 110 Å². The summed E-state index contributed by atoms with van der Waals surface area (Å²) in [5, 5.41) is 2.87. The van der Waals surface area contributed by atoms with Crippen molar-refractivity contribution >= 4 is 23.3 Å². The molecular formula is C36H35F2N5O2. The highest BCUT2D eigenvalue weighted by Gasteiger charge is 2.51. The maximum atomic E-state index is 14.5. The Morgan fingerprint density at radius 1 is 0.889 bits per heavy atom. The molecule has 2 amide bonds. The number of amidine groups is 1. The van der Waals surface area contributed by atoms with Crippen molar-refractivity contribution in [1.29, 1.82) is 0 Å². The Morgan fingerprint density at radius 3 is 2.16 bits per heavy atom. The summed E-state index contributed by atoms with van der Waals surface area (Å²) in [5.41, 5.74) is 2.11. The molecule has 0 unspecified atom stereocenters. The number of aromatic nitrogens is 1. The highest BCUT2D eigenvalue weighted by Crippen LogP contribution is 2.41. The molecule has 1 fully saturated rings. The number of aliphatic imine (C=N–C) groups is 1. The van der Waals surface area contributed by atoms with E-state index in [9.17, 15) is 18.4 Å². The Balaban J connectivity index is 1.20. The van der Waals surface area contributed by atoms with Gasteiger partial charge in [0.1, 0.15) is 17.3 Å². The van der Waals surface area contributed by atoms with E-state index in [1.807, 2.05) is 24.3 Å². The molecule has 0 aliphatic carbocycles. The molecule has 7 nitrogen and oxygen atoms in total. The third kappa shape index (κ3) is 6.40. The van der Waals surface area contributed by atoms with Crippen LogP contribution in [0.5, 0.6) is 0 Å². The van der Waals surface area contributed by atoms with Gasteiger partial charge in [-0.1, -0.05) is 42.5 Å². The van der Waals surface area contributed by atoms with Gasteiger partial charge in [-0.2, -0.15) is 0 Å².